The molecule has 1 aliphatic heterocycles. The number of fused-ring (bicyclic) bond motifs is 1. The highest BCUT2D eigenvalue weighted by molar-refractivity contribution is 6.02. The van der Waals surface area contributed by atoms with Crippen LogP contribution in [0.2, 0.25) is 0 Å². The lowest BCUT2D eigenvalue weighted by Crippen LogP contribution is -2.50. The summed E-state index contributed by atoms with van der Waals surface area (Å²) in [6, 6.07) is 14.8. The Hall–Kier alpha value is -3.88. The first-order chi connectivity index (χ1) is 15.3. The van der Waals surface area contributed by atoms with E-state index in [4.69, 9.17) is 9.47 Å². The lowest BCUT2D eigenvalue weighted by atomic mass is 10.0. The minimum Gasteiger partial charge on any atom is -0.476 e. The summed E-state index contributed by atoms with van der Waals surface area (Å²) in [7, 11) is 1.70. The van der Waals surface area contributed by atoms with E-state index in [2.05, 4.69) is 15.4 Å². The van der Waals surface area contributed by atoms with Gasteiger partial charge in [-0.15, -0.1) is 5.10 Å². The predicted molar refractivity (Wildman–Crippen MR) is 119 cm³/mol. The maximum absolute atomic E-state index is 12.8. The fraction of sp³-hybridized carbons (Fsp3) is 0.304. The largest absolute Gasteiger partial charge is 0.476 e. The van der Waals surface area contributed by atoms with Gasteiger partial charge in [-0.2, -0.15) is 4.98 Å². The van der Waals surface area contributed by atoms with E-state index in [9.17, 15) is 9.59 Å². The van der Waals surface area contributed by atoms with Gasteiger partial charge in [0.15, 0.2) is 11.7 Å². The summed E-state index contributed by atoms with van der Waals surface area (Å²) < 4.78 is 13.2. The standard InChI is InChI=1S/C23H25N5O4/c1-5-18(31-22-24-14-28(26-22)16-9-7-6-8-10-16)20(29)25-15-11-12-17-19(13-15)32-23(2,3)21(30)27(17)4/h6-14,18H,5H2,1-4H3,(H,25,29). The van der Waals surface area contributed by atoms with E-state index in [1.54, 1.807) is 48.7 Å². The molecule has 9 heteroatoms. The molecule has 1 aliphatic rings. The number of aromatic nitrogens is 3. The van der Waals surface area contributed by atoms with Gasteiger partial charge in [0.25, 0.3) is 11.8 Å². The predicted octanol–water partition coefficient (Wildman–Crippen LogP) is 3.20. The molecular weight excluding hydrogens is 410 g/mol. The van der Waals surface area contributed by atoms with Crippen LogP contribution >= 0.6 is 0 Å². The molecule has 3 aromatic rings. The quantitative estimate of drug-likeness (QED) is 0.639. The molecule has 0 spiro atoms. The van der Waals surface area contributed by atoms with Crippen molar-refractivity contribution in [2.24, 2.45) is 0 Å². The third-order valence-corrected chi connectivity index (χ3v) is 5.18. The van der Waals surface area contributed by atoms with Crippen LogP contribution < -0.4 is 19.7 Å². The Morgan fingerprint density at radius 3 is 2.69 bits per heavy atom. The third kappa shape index (κ3) is 4.14. The summed E-state index contributed by atoms with van der Waals surface area (Å²) in [5.74, 6) is 0.0545. The van der Waals surface area contributed by atoms with Crippen LogP contribution in [0.5, 0.6) is 11.8 Å². The Kier molecular flexibility index (Phi) is 5.56. The van der Waals surface area contributed by atoms with Crippen LogP contribution in [-0.4, -0.2) is 45.3 Å². The summed E-state index contributed by atoms with van der Waals surface area (Å²) in [6.07, 6.45) is 1.19. The second-order valence-corrected chi connectivity index (χ2v) is 7.97. The maximum atomic E-state index is 12.8. The molecule has 0 aliphatic carbocycles. The lowest BCUT2D eigenvalue weighted by molar-refractivity contribution is -0.132. The van der Waals surface area contributed by atoms with E-state index in [1.165, 1.54) is 6.33 Å². The number of para-hydroxylation sites is 1. The number of hydrogen-bond acceptors (Lipinski definition) is 6. The molecule has 0 fully saturated rings. The summed E-state index contributed by atoms with van der Waals surface area (Å²) in [4.78, 5) is 30.9. The Morgan fingerprint density at radius 2 is 1.97 bits per heavy atom. The first kappa shape index (κ1) is 21.4. The molecule has 2 amide bonds. The Bertz CT molecular complexity index is 1140. The Morgan fingerprint density at radius 1 is 1.22 bits per heavy atom. The molecule has 0 saturated carbocycles. The summed E-state index contributed by atoms with van der Waals surface area (Å²) in [5, 5.41) is 7.14. The average molecular weight is 435 g/mol. The van der Waals surface area contributed by atoms with Crippen molar-refractivity contribution in [3.63, 3.8) is 0 Å². The third-order valence-electron chi connectivity index (χ3n) is 5.18. The van der Waals surface area contributed by atoms with Crippen LogP contribution in [0.15, 0.2) is 54.9 Å². The number of nitrogens with zero attached hydrogens (tertiary/aromatic N) is 4. The van der Waals surface area contributed by atoms with Gasteiger partial charge in [0.2, 0.25) is 0 Å². The summed E-state index contributed by atoms with van der Waals surface area (Å²) in [5.41, 5.74) is 1.04. The molecule has 0 bridgehead atoms. The van der Waals surface area contributed by atoms with Crippen molar-refractivity contribution < 1.29 is 19.1 Å². The molecule has 9 nitrogen and oxygen atoms in total. The van der Waals surface area contributed by atoms with Crippen LogP contribution in [0.4, 0.5) is 11.4 Å². The van der Waals surface area contributed by atoms with Crippen molar-refractivity contribution in [2.75, 3.05) is 17.3 Å². The van der Waals surface area contributed by atoms with E-state index < -0.39 is 11.7 Å². The van der Waals surface area contributed by atoms with E-state index in [-0.39, 0.29) is 17.8 Å². The zero-order valence-corrected chi connectivity index (χ0v) is 18.4. The molecule has 0 saturated heterocycles. The van der Waals surface area contributed by atoms with Crippen LogP contribution in [0, 0.1) is 0 Å². The minimum atomic E-state index is -0.983. The smallest absolute Gasteiger partial charge is 0.336 e. The molecular formula is C23H25N5O4. The van der Waals surface area contributed by atoms with E-state index in [0.717, 1.165) is 5.69 Å². The van der Waals surface area contributed by atoms with Crippen LogP contribution in [0.25, 0.3) is 5.69 Å². The average Bonchev–Trinajstić information content (AvgIpc) is 3.25. The number of anilines is 2. The number of benzene rings is 2. The zero-order valence-electron chi connectivity index (χ0n) is 18.4. The van der Waals surface area contributed by atoms with Crippen molar-refractivity contribution >= 4 is 23.2 Å². The highest BCUT2D eigenvalue weighted by atomic mass is 16.5. The minimum absolute atomic E-state index is 0.117. The zero-order chi connectivity index (χ0) is 22.9. The Labute approximate surface area is 186 Å². The van der Waals surface area contributed by atoms with Gasteiger partial charge in [-0.3, -0.25) is 9.59 Å². The summed E-state index contributed by atoms with van der Waals surface area (Å²) >= 11 is 0. The first-order valence-corrected chi connectivity index (χ1v) is 10.3. The van der Waals surface area contributed by atoms with Crippen molar-refractivity contribution in [2.45, 2.75) is 38.9 Å². The number of rotatable bonds is 6. The van der Waals surface area contributed by atoms with Gasteiger partial charge in [0, 0.05) is 18.8 Å². The molecule has 1 atom stereocenters. The fourth-order valence-electron chi connectivity index (χ4n) is 3.46. The lowest BCUT2D eigenvalue weighted by Gasteiger charge is -2.37. The normalized spacial score (nSPS) is 15.5. The molecule has 2 aromatic carbocycles. The number of ether oxygens (including phenoxy) is 2. The van der Waals surface area contributed by atoms with Gasteiger partial charge in [0.05, 0.1) is 11.4 Å². The second kappa shape index (κ2) is 8.33. The fourth-order valence-corrected chi connectivity index (χ4v) is 3.46. The SMILES string of the molecule is CCC(Oc1ncn(-c2ccccc2)n1)C(=O)Nc1ccc2c(c1)OC(C)(C)C(=O)N2C. The van der Waals surface area contributed by atoms with Crippen molar-refractivity contribution in [1.29, 1.82) is 0 Å². The molecule has 32 heavy (non-hydrogen) atoms. The number of carbonyl (C=O) groups excluding carboxylic acids is 2. The number of amides is 2. The van der Waals surface area contributed by atoms with Crippen molar-refractivity contribution in [1.82, 2.24) is 14.8 Å². The first-order valence-electron chi connectivity index (χ1n) is 10.3. The van der Waals surface area contributed by atoms with Gasteiger partial charge < -0.3 is 19.7 Å². The molecule has 1 N–H and O–H groups in total. The number of likely N-dealkylation sites (N-methyl/N-ethyl adjacent to an activating group) is 1. The van der Waals surface area contributed by atoms with Gasteiger partial charge >= 0.3 is 6.01 Å². The molecule has 4 rings (SSSR count). The maximum Gasteiger partial charge on any atom is 0.336 e. The van der Waals surface area contributed by atoms with Crippen molar-refractivity contribution in [3.8, 4) is 17.4 Å². The van der Waals surface area contributed by atoms with Gasteiger partial charge in [0.1, 0.15) is 12.1 Å². The topological polar surface area (TPSA) is 98.6 Å². The second-order valence-electron chi connectivity index (χ2n) is 7.97. The van der Waals surface area contributed by atoms with E-state index in [1.807, 2.05) is 37.3 Å². The van der Waals surface area contributed by atoms with Crippen LogP contribution in [0.1, 0.15) is 27.2 Å². The molecule has 0 radical (unpaired) electrons. The van der Waals surface area contributed by atoms with Crippen LogP contribution in [0.3, 0.4) is 0 Å². The van der Waals surface area contributed by atoms with E-state index >= 15 is 0 Å². The van der Waals surface area contributed by atoms with Crippen LogP contribution in [-0.2, 0) is 9.59 Å². The molecule has 166 valence electrons. The van der Waals surface area contributed by atoms with Gasteiger partial charge in [-0.25, -0.2) is 4.68 Å². The number of carbonyl (C=O) groups is 2. The highest BCUT2D eigenvalue weighted by Gasteiger charge is 2.39. The molecule has 1 aromatic heterocycles. The highest BCUT2D eigenvalue weighted by Crippen LogP contribution is 2.38. The summed E-state index contributed by atoms with van der Waals surface area (Å²) in [6.45, 7) is 5.27. The van der Waals surface area contributed by atoms with E-state index in [0.29, 0.717) is 23.5 Å². The number of nitrogens with one attached hydrogen (secondary N) is 1. The number of hydrogen-bond donors (Lipinski definition) is 1. The molecule has 1 unspecified atom stereocenters. The monoisotopic (exact) mass is 435 g/mol. The van der Waals surface area contributed by atoms with Crippen molar-refractivity contribution in [3.05, 3.63) is 54.9 Å². The molecule has 2 heterocycles. The van der Waals surface area contributed by atoms with Gasteiger partial charge in [-0.05, 0) is 44.5 Å². The van der Waals surface area contributed by atoms with Gasteiger partial charge in [-0.1, -0.05) is 25.1 Å². The Balaban J connectivity index is 1.46.